The molecule has 0 bridgehead atoms. The van der Waals surface area contributed by atoms with Gasteiger partial charge in [-0.2, -0.15) is 0 Å². The highest BCUT2D eigenvalue weighted by molar-refractivity contribution is 6.00. The highest BCUT2D eigenvalue weighted by Gasteiger charge is 2.43. The number of urea groups is 2. The summed E-state index contributed by atoms with van der Waals surface area (Å²) in [6.45, 7) is 10.8. The summed E-state index contributed by atoms with van der Waals surface area (Å²) in [7, 11) is 1.46. The Hall–Kier alpha value is -6.25. The molecule has 1 heterocycles. The van der Waals surface area contributed by atoms with Crippen LogP contribution in [0.4, 0.5) is 9.59 Å². The van der Waals surface area contributed by atoms with Gasteiger partial charge in [-0.15, -0.1) is 0 Å². The molecule has 0 saturated carbocycles. The lowest BCUT2D eigenvalue weighted by Gasteiger charge is -2.35. The summed E-state index contributed by atoms with van der Waals surface area (Å²) in [5.41, 5.74) is 8.67. The number of carbonyl (C=O) groups excluding carboxylic acids is 9. The molecule has 0 aliphatic carbocycles. The topological polar surface area (TPSA) is 318 Å². The normalized spacial score (nSPS) is 22.4. The van der Waals surface area contributed by atoms with Gasteiger partial charge in [-0.1, -0.05) is 77.2 Å². The Morgan fingerprint density at radius 3 is 2.16 bits per heavy atom. The Bertz CT molecular complexity index is 1790. The van der Waals surface area contributed by atoms with E-state index in [1.165, 1.54) is 27.0 Å². The summed E-state index contributed by atoms with van der Waals surface area (Å²) in [6, 6.07) is -4.64. The molecular formula is C46H75N9O12. The van der Waals surface area contributed by atoms with Gasteiger partial charge in [0.15, 0.2) is 0 Å². The van der Waals surface area contributed by atoms with Crippen LogP contribution in [-0.2, 0) is 47.8 Å². The van der Waals surface area contributed by atoms with Crippen molar-refractivity contribution in [2.75, 3.05) is 33.3 Å². The minimum atomic E-state index is -1.53. The lowest BCUT2D eigenvalue weighted by Crippen LogP contribution is -2.56. The summed E-state index contributed by atoms with van der Waals surface area (Å²) in [5, 5.41) is 16.8. The molecule has 11 N–H and O–H groups in total. The molecule has 1 rings (SSSR count). The molecule has 1 saturated heterocycles. The number of ether oxygens (including phenoxy) is 3. The van der Waals surface area contributed by atoms with Crippen molar-refractivity contribution < 1.29 is 57.4 Å². The van der Waals surface area contributed by atoms with Gasteiger partial charge in [0.05, 0.1) is 18.1 Å². The number of nitrogens with one attached hydrogen (secondary N) is 7. The molecular weight excluding hydrogens is 871 g/mol. The number of hydrogen-bond acceptors (Lipinski definition) is 12. The molecule has 1 aliphatic rings. The van der Waals surface area contributed by atoms with Crippen LogP contribution in [0.5, 0.6) is 0 Å². The van der Waals surface area contributed by atoms with Gasteiger partial charge in [-0.3, -0.25) is 33.6 Å². The number of amides is 9. The van der Waals surface area contributed by atoms with Crippen molar-refractivity contribution >= 4 is 53.5 Å². The number of esters is 2. The Balaban J connectivity index is 3.60. The molecule has 1 fully saturated rings. The van der Waals surface area contributed by atoms with Crippen LogP contribution < -0.4 is 48.7 Å². The van der Waals surface area contributed by atoms with Gasteiger partial charge in [0, 0.05) is 33.0 Å². The number of hydrogen-bond donors (Lipinski definition) is 9. The van der Waals surface area contributed by atoms with Crippen molar-refractivity contribution in [1.29, 1.82) is 0 Å². The molecule has 1 aliphatic heterocycles. The molecule has 1 unspecified atom stereocenters. The largest absolute Gasteiger partial charge is 0.462 e. The van der Waals surface area contributed by atoms with E-state index in [0.29, 0.717) is 12.3 Å². The second-order valence-corrected chi connectivity index (χ2v) is 17.3. The molecule has 5 atom stereocenters. The van der Waals surface area contributed by atoms with Crippen molar-refractivity contribution in [2.24, 2.45) is 28.7 Å². The molecule has 0 aromatic carbocycles. The molecule has 376 valence electrons. The van der Waals surface area contributed by atoms with E-state index in [1.807, 2.05) is 12.2 Å². The maximum absolute atomic E-state index is 14.1. The van der Waals surface area contributed by atoms with Gasteiger partial charge in [0.25, 0.3) is 5.91 Å². The molecule has 0 aromatic rings. The van der Waals surface area contributed by atoms with Crippen LogP contribution in [0.1, 0.15) is 106 Å². The second-order valence-electron chi connectivity index (χ2n) is 17.3. The van der Waals surface area contributed by atoms with E-state index in [2.05, 4.69) is 63.2 Å². The fourth-order valence-electron chi connectivity index (χ4n) is 6.31. The van der Waals surface area contributed by atoms with Crippen LogP contribution in [-0.4, -0.2) is 117 Å². The Kier molecular flexibility index (Phi) is 27.7. The molecule has 21 nitrogen and oxygen atoms in total. The summed E-state index contributed by atoms with van der Waals surface area (Å²) < 4.78 is 17.6. The van der Waals surface area contributed by atoms with Gasteiger partial charge in [0.2, 0.25) is 23.6 Å². The van der Waals surface area contributed by atoms with Crippen molar-refractivity contribution in [1.82, 2.24) is 37.2 Å². The Labute approximate surface area is 394 Å². The fourth-order valence-corrected chi connectivity index (χ4v) is 6.31. The highest BCUT2D eigenvalue weighted by Crippen LogP contribution is 2.31. The predicted molar refractivity (Wildman–Crippen MR) is 250 cm³/mol. The molecule has 0 spiro atoms. The third kappa shape index (κ3) is 24.7. The molecule has 21 heteroatoms. The molecule has 0 radical (unpaired) electrons. The molecule has 67 heavy (non-hydrogen) atoms. The SMILES string of the molecule is CC/C=C1\NC(=O)CC[C@@H](C(C)C)OC(=O)C(C)(C)[C@H](C[C@H](/C=C/C=C/C/C=C\CCC(C)C)OC)OC(=O)CNC(=O)[C@H](CNC(N)=O)NC(=O)CNC(=O)C(CCCNC(N)=O)NC1=O. The smallest absolute Gasteiger partial charge is 0.325 e. The zero-order valence-corrected chi connectivity index (χ0v) is 40.3. The summed E-state index contributed by atoms with van der Waals surface area (Å²) >= 11 is 0. The fraction of sp³-hybridized carbons (Fsp3) is 0.630. The third-order valence-electron chi connectivity index (χ3n) is 10.4. The van der Waals surface area contributed by atoms with Gasteiger partial charge in [-0.25, -0.2) is 9.59 Å². The quantitative estimate of drug-likeness (QED) is 0.0313. The van der Waals surface area contributed by atoms with E-state index >= 15 is 0 Å². The zero-order chi connectivity index (χ0) is 50.5. The van der Waals surface area contributed by atoms with Crippen LogP contribution in [0.3, 0.4) is 0 Å². The number of rotatable bonds is 18. The molecule has 9 amide bonds. The first kappa shape index (κ1) is 58.8. The Morgan fingerprint density at radius 1 is 0.866 bits per heavy atom. The van der Waals surface area contributed by atoms with Gasteiger partial charge in [-0.05, 0) is 70.6 Å². The number of cyclic esters (lactones) is 2. The number of primary amides is 2. The average molecular weight is 946 g/mol. The van der Waals surface area contributed by atoms with Gasteiger partial charge in [0.1, 0.15) is 36.5 Å². The Morgan fingerprint density at radius 2 is 1.54 bits per heavy atom. The lowest BCUT2D eigenvalue weighted by molar-refractivity contribution is -0.178. The maximum atomic E-state index is 14.1. The van der Waals surface area contributed by atoms with E-state index in [-0.39, 0.29) is 50.3 Å². The number of methoxy groups -OCH3 is 1. The minimum Gasteiger partial charge on any atom is -0.462 e. The number of nitrogens with two attached hydrogens (primary N) is 2. The van der Waals surface area contributed by atoms with Gasteiger partial charge < -0.3 is 62.9 Å². The van der Waals surface area contributed by atoms with Crippen LogP contribution in [0, 0.1) is 17.3 Å². The van der Waals surface area contributed by atoms with Crippen LogP contribution in [0.25, 0.3) is 0 Å². The standard InChI is InChI=1S/C46H75N9O12/c1-9-18-32-42(61)55-33(21-17-24-49-44(47)63)40(59)50-27-38(57)54-34(26-52-45(48)64)41(60)51-28-39(58)67-36(25-31(65-8)20-16-14-12-10-11-13-15-19-29(2)3)46(6,7)43(62)66-35(30(4)5)22-23-37(56)53-32/h11-14,16,18,20,29-31,33-36H,9-10,15,17,19,21-28H2,1-8H3,(H,50,59)(H,51,60)(H,53,56)(H,54,57)(H,55,61)(H3,47,49,63)(H3,48,52,64)/b13-11-,14-12+,20-16+,32-18-/t31-,33?,34-,35-,36-/m0/s1. The summed E-state index contributed by atoms with van der Waals surface area (Å²) in [6.07, 6.45) is 13.4. The van der Waals surface area contributed by atoms with E-state index in [1.54, 1.807) is 32.9 Å². The minimum absolute atomic E-state index is 0.0286. The van der Waals surface area contributed by atoms with Crippen molar-refractivity contribution in [2.45, 2.75) is 137 Å². The van der Waals surface area contributed by atoms with E-state index in [0.717, 1.165) is 19.3 Å². The average Bonchev–Trinajstić information content (AvgIpc) is 3.25. The zero-order valence-electron chi connectivity index (χ0n) is 40.3. The van der Waals surface area contributed by atoms with Crippen LogP contribution >= 0.6 is 0 Å². The monoisotopic (exact) mass is 946 g/mol. The van der Waals surface area contributed by atoms with E-state index < -0.39 is 109 Å². The maximum Gasteiger partial charge on any atom is 0.325 e. The van der Waals surface area contributed by atoms with Crippen molar-refractivity contribution in [3.63, 3.8) is 0 Å². The van der Waals surface area contributed by atoms with Crippen LogP contribution in [0.15, 0.2) is 48.2 Å². The lowest BCUT2D eigenvalue weighted by atomic mass is 9.83. The van der Waals surface area contributed by atoms with E-state index in [9.17, 15) is 43.2 Å². The first-order chi connectivity index (χ1) is 31.6. The predicted octanol–water partition coefficient (Wildman–Crippen LogP) is 1.91. The van der Waals surface area contributed by atoms with Crippen LogP contribution in [0.2, 0.25) is 0 Å². The highest BCUT2D eigenvalue weighted by atomic mass is 16.6. The third-order valence-corrected chi connectivity index (χ3v) is 10.4. The number of carbonyl (C=O) groups is 9. The first-order valence-corrected chi connectivity index (χ1v) is 22.7. The van der Waals surface area contributed by atoms with Gasteiger partial charge >= 0.3 is 24.0 Å². The van der Waals surface area contributed by atoms with E-state index in [4.69, 9.17) is 25.7 Å². The van der Waals surface area contributed by atoms with Crippen molar-refractivity contribution in [3.05, 3.63) is 48.2 Å². The molecule has 0 aromatic heterocycles. The van der Waals surface area contributed by atoms with Crippen molar-refractivity contribution in [3.8, 4) is 0 Å². The summed E-state index contributed by atoms with van der Waals surface area (Å²) in [4.78, 5) is 117. The number of allylic oxidation sites excluding steroid dienone is 6. The first-order valence-electron chi connectivity index (χ1n) is 22.7. The summed E-state index contributed by atoms with van der Waals surface area (Å²) in [5.74, 6) is -5.51. The second kappa shape index (κ2) is 31.6.